The van der Waals surface area contributed by atoms with Crippen molar-refractivity contribution in [3.05, 3.63) is 41.4 Å². The number of benzene rings is 1. The number of halogens is 1. The highest BCUT2D eigenvalue weighted by molar-refractivity contribution is 6.30. The lowest BCUT2D eigenvalue weighted by molar-refractivity contribution is -0.162. The van der Waals surface area contributed by atoms with Crippen molar-refractivity contribution in [3.8, 4) is 5.75 Å². The first kappa shape index (κ1) is 18.9. The van der Waals surface area contributed by atoms with Crippen LogP contribution < -0.4 is 4.74 Å². The molecule has 0 aliphatic heterocycles. The first-order valence-corrected chi connectivity index (χ1v) is 8.13. The summed E-state index contributed by atoms with van der Waals surface area (Å²) in [4.78, 5) is 29.1. The molecular formula is C17H20ClN3O4. The Morgan fingerprint density at radius 2 is 2.08 bits per heavy atom. The molecule has 1 atom stereocenters. The van der Waals surface area contributed by atoms with Gasteiger partial charge >= 0.3 is 5.97 Å². The summed E-state index contributed by atoms with van der Waals surface area (Å²) in [5.41, 5.74) is -0.660. The fourth-order valence-corrected chi connectivity index (χ4v) is 2.38. The van der Waals surface area contributed by atoms with Crippen LogP contribution in [-0.4, -0.2) is 33.1 Å². The first-order valence-electron chi connectivity index (χ1n) is 7.75. The predicted molar refractivity (Wildman–Crippen MR) is 91.3 cm³/mol. The molecule has 1 aromatic heterocycles. The molecule has 0 aliphatic rings. The van der Waals surface area contributed by atoms with Crippen LogP contribution in [0.1, 0.15) is 32.6 Å². The summed E-state index contributed by atoms with van der Waals surface area (Å²) in [6, 6.07) is 5.03. The number of carbonyl (C=O) groups excluding carboxylic acids is 2. The van der Waals surface area contributed by atoms with E-state index in [0.29, 0.717) is 10.8 Å². The van der Waals surface area contributed by atoms with Crippen molar-refractivity contribution in [3.63, 3.8) is 0 Å². The number of aromatic nitrogens is 3. The Bertz CT molecular complexity index is 759. The summed E-state index contributed by atoms with van der Waals surface area (Å²) >= 11 is 5.95. The Kier molecular flexibility index (Phi) is 5.79. The third-order valence-corrected chi connectivity index (χ3v) is 3.91. The summed E-state index contributed by atoms with van der Waals surface area (Å²) in [6.07, 6.45) is 1.48. The Morgan fingerprint density at radius 3 is 2.64 bits per heavy atom. The maximum atomic E-state index is 13.0. The number of hydrogen-bond donors (Lipinski definition) is 0. The van der Waals surface area contributed by atoms with E-state index in [-0.39, 0.29) is 6.61 Å². The third-order valence-electron chi connectivity index (χ3n) is 3.68. The van der Waals surface area contributed by atoms with Gasteiger partial charge in [-0.1, -0.05) is 11.6 Å². The van der Waals surface area contributed by atoms with Crippen LogP contribution in [0, 0.1) is 12.3 Å². The van der Waals surface area contributed by atoms with Crippen LogP contribution in [0.25, 0.3) is 0 Å². The molecule has 0 aliphatic carbocycles. The number of nitrogens with zero attached hydrogens (tertiary/aromatic N) is 3. The molecule has 0 amide bonds. The van der Waals surface area contributed by atoms with Crippen LogP contribution in [0.2, 0.25) is 5.02 Å². The van der Waals surface area contributed by atoms with Crippen molar-refractivity contribution in [1.82, 2.24) is 14.8 Å². The lowest BCUT2D eigenvalue weighted by atomic mass is 9.87. The minimum atomic E-state index is -1.41. The molecule has 0 saturated heterocycles. The topological polar surface area (TPSA) is 83.3 Å². The predicted octanol–water partition coefficient (Wildman–Crippen LogP) is 2.98. The van der Waals surface area contributed by atoms with Crippen molar-refractivity contribution >= 4 is 23.4 Å². The van der Waals surface area contributed by atoms with Crippen LogP contribution in [0.15, 0.2) is 30.9 Å². The van der Waals surface area contributed by atoms with Gasteiger partial charge in [-0.2, -0.15) is 5.10 Å². The monoisotopic (exact) mass is 365 g/mol. The molecule has 25 heavy (non-hydrogen) atoms. The molecular weight excluding hydrogens is 346 g/mol. The van der Waals surface area contributed by atoms with Crippen molar-refractivity contribution in [2.45, 2.75) is 33.9 Å². The minimum absolute atomic E-state index is 0.181. The van der Waals surface area contributed by atoms with E-state index in [1.807, 2.05) is 0 Å². The van der Waals surface area contributed by atoms with Gasteiger partial charge in [0.1, 0.15) is 23.8 Å². The molecule has 0 radical (unpaired) electrons. The van der Waals surface area contributed by atoms with Crippen molar-refractivity contribution in [2.24, 2.45) is 5.41 Å². The van der Waals surface area contributed by atoms with Crippen molar-refractivity contribution in [2.75, 3.05) is 6.61 Å². The highest BCUT2D eigenvalue weighted by Crippen LogP contribution is 2.30. The zero-order valence-electron chi connectivity index (χ0n) is 14.5. The smallest absolute Gasteiger partial charge is 0.319 e. The zero-order valence-corrected chi connectivity index (χ0v) is 15.3. The molecule has 0 bridgehead atoms. The van der Waals surface area contributed by atoms with Crippen LogP contribution in [-0.2, 0) is 14.3 Å². The number of ether oxygens (including phenoxy) is 2. The lowest BCUT2D eigenvalue weighted by Crippen LogP contribution is -2.42. The van der Waals surface area contributed by atoms with Crippen LogP contribution in [0.5, 0.6) is 5.75 Å². The number of ketones is 1. The van der Waals surface area contributed by atoms with E-state index in [1.54, 1.807) is 32.0 Å². The Labute approximate surface area is 150 Å². The molecule has 2 aromatic rings. The van der Waals surface area contributed by atoms with Gasteiger partial charge in [0.05, 0.1) is 6.61 Å². The average Bonchev–Trinajstić information content (AvgIpc) is 3.08. The largest absolute Gasteiger partial charge is 0.465 e. The normalized spacial score (nSPS) is 12.5. The number of rotatable bonds is 7. The molecule has 0 spiro atoms. The molecule has 7 nitrogen and oxygen atoms in total. The molecule has 0 saturated carbocycles. The highest BCUT2D eigenvalue weighted by Gasteiger charge is 2.44. The molecule has 8 heteroatoms. The van der Waals surface area contributed by atoms with E-state index >= 15 is 0 Å². The summed E-state index contributed by atoms with van der Waals surface area (Å²) in [7, 11) is 0. The van der Waals surface area contributed by atoms with Gasteiger partial charge in [-0.15, -0.1) is 0 Å². The second-order valence-electron chi connectivity index (χ2n) is 5.97. The average molecular weight is 366 g/mol. The minimum Gasteiger partial charge on any atom is -0.465 e. The van der Waals surface area contributed by atoms with Gasteiger partial charge in [0.25, 0.3) is 6.23 Å². The Morgan fingerprint density at radius 1 is 1.36 bits per heavy atom. The number of esters is 1. The van der Waals surface area contributed by atoms with Crippen molar-refractivity contribution < 1.29 is 19.1 Å². The molecule has 134 valence electrons. The fourth-order valence-electron chi connectivity index (χ4n) is 2.15. The Balaban J connectivity index is 2.37. The summed E-state index contributed by atoms with van der Waals surface area (Å²) in [6.45, 7) is 6.66. The molecule has 1 heterocycles. The van der Waals surface area contributed by atoms with Gasteiger partial charge in [-0.05, 0) is 51.5 Å². The third kappa shape index (κ3) is 4.17. The highest BCUT2D eigenvalue weighted by atomic mass is 35.5. The van der Waals surface area contributed by atoms with E-state index < -0.39 is 23.4 Å². The fraction of sp³-hybridized carbons (Fsp3) is 0.412. The second kappa shape index (κ2) is 7.65. The van der Waals surface area contributed by atoms with Gasteiger partial charge in [-0.3, -0.25) is 9.59 Å². The number of aryl methyl sites for hydroxylation is 1. The first-order chi connectivity index (χ1) is 11.8. The molecule has 2 rings (SSSR count). The summed E-state index contributed by atoms with van der Waals surface area (Å²) in [5, 5.41) is 4.54. The van der Waals surface area contributed by atoms with Gasteiger partial charge in [0.15, 0.2) is 0 Å². The van der Waals surface area contributed by atoms with E-state index in [1.165, 1.54) is 31.2 Å². The summed E-state index contributed by atoms with van der Waals surface area (Å²) < 4.78 is 12.1. The molecule has 0 fully saturated rings. The van der Waals surface area contributed by atoms with Gasteiger partial charge in [-0.25, -0.2) is 9.67 Å². The quantitative estimate of drug-likeness (QED) is 0.554. The van der Waals surface area contributed by atoms with Gasteiger partial charge in [0, 0.05) is 5.02 Å². The standard InChI is InChI=1S/C17H20ClN3O4/c1-5-24-16(23)17(3,4)14(22)15(21-10-19-9-20-21)25-13-7-6-12(18)8-11(13)2/h6-10,15H,5H2,1-4H3. The van der Waals surface area contributed by atoms with E-state index in [2.05, 4.69) is 10.1 Å². The van der Waals surface area contributed by atoms with Crippen LogP contribution >= 0.6 is 11.6 Å². The van der Waals surface area contributed by atoms with Crippen molar-refractivity contribution in [1.29, 1.82) is 0 Å². The number of carbonyl (C=O) groups is 2. The lowest BCUT2D eigenvalue weighted by Gasteiger charge is -2.27. The van der Waals surface area contributed by atoms with E-state index in [4.69, 9.17) is 21.1 Å². The van der Waals surface area contributed by atoms with E-state index in [9.17, 15) is 9.59 Å². The van der Waals surface area contributed by atoms with Gasteiger partial charge < -0.3 is 9.47 Å². The zero-order chi connectivity index (χ0) is 18.6. The number of Topliss-reactive ketones (excluding diaryl/α,β-unsaturated/α-hetero) is 1. The summed E-state index contributed by atoms with van der Waals surface area (Å²) in [5.74, 6) is -0.662. The molecule has 1 aromatic carbocycles. The Hall–Kier alpha value is -2.41. The van der Waals surface area contributed by atoms with E-state index in [0.717, 1.165) is 5.56 Å². The number of hydrogen-bond acceptors (Lipinski definition) is 6. The van der Waals surface area contributed by atoms with Crippen LogP contribution in [0.3, 0.4) is 0 Å². The SMILES string of the molecule is CCOC(=O)C(C)(C)C(=O)C(Oc1ccc(Cl)cc1C)n1cncn1. The molecule has 1 unspecified atom stereocenters. The second-order valence-corrected chi connectivity index (χ2v) is 6.40. The van der Waals surface area contributed by atoms with Gasteiger partial charge in [0.2, 0.25) is 5.78 Å². The maximum Gasteiger partial charge on any atom is 0.319 e. The maximum absolute atomic E-state index is 13.0. The van der Waals surface area contributed by atoms with Crippen LogP contribution in [0.4, 0.5) is 0 Å². The molecule has 0 N–H and O–H groups in total.